The topological polar surface area (TPSA) is 237 Å². The molecule has 0 saturated heterocycles. The lowest BCUT2D eigenvalue weighted by Gasteiger charge is -2.21. The van der Waals surface area contributed by atoms with Crippen molar-refractivity contribution < 1.29 is 80.2 Å². The van der Waals surface area contributed by atoms with E-state index in [4.69, 9.17) is 37.0 Å². The molecule has 0 aromatic rings. The summed E-state index contributed by atoms with van der Waals surface area (Å²) in [5, 5.41) is 10.6. The Bertz CT molecular complexity index is 2190. The number of aliphatic hydroxyl groups excluding tert-OH is 1. The minimum absolute atomic E-state index is 0.0758. The number of rotatable bonds is 73. The average Bonchev–Trinajstić information content (AvgIpc) is 1.04. The molecule has 98 heavy (non-hydrogen) atoms. The summed E-state index contributed by atoms with van der Waals surface area (Å²) >= 11 is 0. The van der Waals surface area contributed by atoms with Crippen molar-refractivity contribution >= 4 is 39.5 Å². The molecule has 5 atom stereocenters. The zero-order valence-electron chi connectivity index (χ0n) is 62.0. The van der Waals surface area contributed by atoms with Gasteiger partial charge < -0.3 is 33.8 Å². The van der Waals surface area contributed by atoms with E-state index in [0.717, 1.165) is 167 Å². The zero-order valence-corrected chi connectivity index (χ0v) is 63.7. The van der Waals surface area contributed by atoms with Gasteiger partial charge in [-0.25, -0.2) is 9.13 Å². The second-order valence-corrected chi connectivity index (χ2v) is 28.8. The van der Waals surface area contributed by atoms with Crippen molar-refractivity contribution in [3.63, 3.8) is 0 Å². The van der Waals surface area contributed by atoms with Gasteiger partial charge in [-0.1, -0.05) is 280 Å². The molecule has 0 aromatic carbocycles. The van der Waals surface area contributed by atoms with Crippen LogP contribution in [-0.2, 0) is 65.4 Å². The van der Waals surface area contributed by atoms with Gasteiger partial charge in [0.05, 0.1) is 26.4 Å². The molecule has 0 fully saturated rings. The molecule has 0 aliphatic carbocycles. The van der Waals surface area contributed by atoms with E-state index < -0.39 is 97.5 Å². The maximum atomic E-state index is 13.1. The Labute approximate surface area is 595 Å². The highest BCUT2D eigenvalue weighted by Crippen LogP contribution is 2.45. The van der Waals surface area contributed by atoms with Crippen LogP contribution in [0.15, 0.2) is 85.1 Å². The third kappa shape index (κ3) is 70.7. The fourth-order valence-electron chi connectivity index (χ4n) is 10.4. The van der Waals surface area contributed by atoms with Crippen LogP contribution >= 0.6 is 15.6 Å². The summed E-state index contributed by atoms with van der Waals surface area (Å²) in [5.74, 6) is -2.20. The first-order valence-corrected chi connectivity index (χ1v) is 41.8. The average molecular weight is 1420 g/mol. The summed E-state index contributed by atoms with van der Waals surface area (Å²) in [6.07, 6.45) is 72.8. The summed E-state index contributed by atoms with van der Waals surface area (Å²) in [6, 6.07) is 0. The predicted molar refractivity (Wildman–Crippen MR) is 399 cm³/mol. The lowest BCUT2D eigenvalue weighted by Crippen LogP contribution is -2.30. The van der Waals surface area contributed by atoms with Crippen molar-refractivity contribution in [2.24, 2.45) is 0 Å². The molecule has 0 saturated carbocycles. The molecular formula is C79H140O17P2. The number of carbonyl (C=O) groups is 4. The number of ether oxygens (including phenoxy) is 4. The summed E-state index contributed by atoms with van der Waals surface area (Å²) in [4.78, 5) is 72.9. The first-order valence-electron chi connectivity index (χ1n) is 38.8. The summed E-state index contributed by atoms with van der Waals surface area (Å²) in [6.45, 7) is 4.66. The largest absolute Gasteiger partial charge is 0.472 e. The predicted octanol–water partition coefficient (Wildman–Crippen LogP) is 22.2. The number of carbonyl (C=O) groups excluding carboxylic acids is 4. The summed E-state index contributed by atoms with van der Waals surface area (Å²) < 4.78 is 68.5. The highest BCUT2D eigenvalue weighted by atomic mass is 31.2. The fourth-order valence-corrected chi connectivity index (χ4v) is 12.0. The Hall–Kier alpha value is -3.76. The first kappa shape index (κ1) is 94.2. The van der Waals surface area contributed by atoms with Crippen LogP contribution in [0.2, 0.25) is 0 Å². The maximum absolute atomic E-state index is 13.1. The lowest BCUT2D eigenvalue weighted by molar-refractivity contribution is -0.161. The number of unbranched alkanes of at least 4 members (excludes halogenated alkanes) is 33. The van der Waals surface area contributed by atoms with E-state index in [1.54, 1.807) is 0 Å². The summed E-state index contributed by atoms with van der Waals surface area (Å²) in [5.41, 5.74) is 0. The Balaban J connectivity index is 5.35. The number of phosphoric acid groups is 2. The van der Waals surface area contributed by atoms with Crippen molar-refractivity contribution in [1.29, 1.82) is 0 Å². The van der Waals surface area contributed by atoms with Crippen molar-refractivity contribution in [3.05, 3.63) is 85.1 Å². The molecule has 0 rings (SSSR count). The molecule has 5 unspecified atom stereocenters. The van der Waals surface area contributed by atoms with Gasteiger partial charge in [-0.2, -0.15) is 0 Å². The molecule has 0 aliphatic heterocycles. The van der Waals surface area contributed by atoms with Crippen LogP contribution in [0.5, 0.6) is 0 Å². The number of allylic oxidation sites excluding steroid dienone is 14. The molecule has 19 heteroatoms. The minimum atomic E-state index is -4.98. The SMILES string of the molecule is CC/C=C\C/C=C\C/C=C\CCCCCCCC(=O)OCC(COP(=O)(O)OCC(O)COP(=O)(O)OCC(COC(=O)CCCCCCCCCCCCCCCCC)OC(=O)CCCCCCC/C=C\C/C=C\CCC)OC(=O)CCCCCCC/C=C\C/C=C\CCCCC. The molecular weight excluding hydrogens is 1280 g/mol. The van der Waals surface area contributed by atoms with E-state index in [1.807, 2.05) is 0 Å². The van der Waals surface area contributed by atoms with Crippen LogP contribution in [0.25, 0.3) is 0 Å². The van der Waals surface area contributed by atoms with Gasteiger partial charge in [-0.05, 0) is 116 Å². The van der Waals surface area contributed by atoms with Crippen molar-refractivity contribution in [1.82, 2.24) is 0 Å². The third-order valence-electron chi connectivity index (χ3n) is 16.3. The Morgan fingerprint density at radius 2 is 0.551 bits per heavy atom. The Morgan fingerprint density at radius 1 is 0.296 bits per heavy atom. The van der Waals surface area contributed by atoms with Crippen LogP contribution in [0.4, 0.5) is 0 Å². The van der Waals surface area contributed by atoms with Crippen molar-refractivity contribution in [2.45, 2.75) is 354 Å². The standard InChI is InChI=1S/C79H140O17P2/c1-5-9-13-17-21-25-29-33-36-40-43-47-51-55-59-63-76(81)89-69-74(95-78(83)65-61-57-53-49-45-39-32-28-24-20-16-12-8-4)71-93-97(85,86)91-67-73(80)68-92-98(87,88)94-72-75(96-79(84)66-62-58-54-50-46-42-38-35-31-27-23-19-15-11-7-3)70-90-77(82)64-60-56-52-48-44-41-37-34-30-26-22-18-14-10-6-2/h10,14,16,20,22-23,26-28,32,34-35,37-38,73-75,80H,5-9,11-13,15,17-19,21,24-25,29-31,33,36,39-72H2,1-4H3,(H,85,86)(H,87,88)/b14-10-,20-16-,26-22-,27-23-,32-28-,37-34-,38-35-. The highest BCUT2D eigenvalue weighted by molar-refractivity contribution is 7.47. The van der Waals surface area contributed by atoms with Gasteiger partial charge in [0.2, 0.25) is 0 Å². The number of esters is 4. The molecule has 0 aliphatic rings. The molecule has 3 N–H and O–H groups in total. The Kier molecular flexibility index (Phi) is 68.9. The van der Waals surface area contributed by atoms with Crippen LogP contribution < -0.4 is 0 Å². The van der Waals surface area contributed by atoms with Gasteiger partial charge in [0.25, 0.3) is 0 Å². The van der Waals surface area contributed by atoms with Crippen LogP contribution in [0.3, 0.4) is 0 Å². The van der Waals surface area contributed by atoms with Crippen LogP contribution in [0.1, 0.15) is 336 Å². The van der Waals surface area contributed by atoms with Crippen LogP contribution in [0, 0.1) is 0 Å². The van der Waals surface area contributed by atoms with Gasteiger partial charge in [0, 0.05) is 25.7 Å². The van der Waals surface area contributed by atoms with E-state index in [0.29, 0.717) is 25.7 Å². The van der Waals surface area contributed by atoms with E-state index in [9.17, 15) is 43.2 Å². The van der Waals surface area contributed by atoms with E-state index in [-0.39, 0.29) is 25.7 Å². The van der Waals surface area contributed by atoms with Gasteiger partial charge >= 0.3 is 39.5 Å². The highest BCUT2D eigenvalue weighted by Gasteiger charge is 2.30. The number of hydrogen-bond acceptors (Lipinski definition) is 15. The summed E-state index contributed by atoms with van der Waals surface area (Å²) in [7, 11) is -9.95. The van der Waals surface area contributed by atoms with Gasteiger partial charge in [0.15, 0.2) is 12.2 Å². The lowest BCUT2D eigenvalue weighted by atomic mass is 10.0. The monoisotopic (exact) mass is 1420 g/mol. The Morgan fingerprint density at radius 3 is 0.878 bits per heavy atom. The molecule has 17 nitrogen and oxygen atoms in total. The zero-order chi connectivity index (χ0) is 71.8. The quantitative estimate of drug-likeness (QED) is 0.0169. The van der Waals surface area contributed by atoms with Gasteiger partial charge in [0.1, 0.15) is 19.3 Å². The molecule has 0 heterocycles. The first-order chi connectivity index (χ1) is 47.7. The molecule has 0 spiro atoms. The number of phosphoric ester groups is 2. The number of hydrogen-bond donors (Lipinski definition) is 3. The molecule has 568 valence electrons. The van der Waals surface area contributed by atoms with E-state index in [1.165, 1.54) is 89.9 Å². The molecule has 0 aromatic heterocycles. The van der Waals surface area contributed by atoms with E-state index in [2.05, 4.69) is 113 Å². The van der Waals surface area contributed by atoms with Gasteiger partial charge in [-0.15, -0.1) is 0 Å². The van der Waals surface area contributed by atoms with Crippen LogP contribution in [-0.4, -0.2) is 96.7 Å². The maximum Gasteiger partial charge on any atom is 0.472 e. The second-order valence-electron chi connectivity index (χ2n) is 25.9. The fraction of sp³-hybridized carbons (Fsp3) is 0.772. The molecule has 0 amide bonds. The third-order valence-corrected chi connectivity index (χ3v) is 18.2. The minimum Gasteiger partial charge on any atom is -0.462 e. The normalized spacial score (nSPS) is 14.4. The van der Waals surface area contributed by atoms with Crippen molar-refractivity contribution in [3.8, 4) is 0 Å². The number of aliphatic hydroxyl groups is 1. The van der Waals surface area contributed by atoms with Crippen molar-refractivity contribution in [2.75, 3.05) is 39.6 Å². The smallest absolute Gasteiger partial charge is 0.462 e. The van der Waals surface area contributed by atoms with E-state index >= 15 is 0 Å². The second kappa shape index (κ2) is 71.6. The molecule has 0 bridgehead atoms. The van der Waals surface area contributed by atoms with Gasteiger partial charge in [-0.3, -0.25) is 37.3 Å². The molecule has 0 radical (unpaired) electrons.